The summed E-state index contributed by atoms with van der Waals surface area (Å²) in [7, 11) is 3.21. The number of methoxy groups -OCH3 is 2. The molecule has 1 heterocycles. The van der Waals surface area contributed by atoms with Gasteiger partial charge in [0.05, 0.1) is 13.7 Å². The van der Waals surface area contributed by atoms with E-state index in [1.807, 2.05) is 42.5 Å². The number of rotatable bonds is 9. The molecular formula is C27H25NO6. The molecule has 0 aliphatic rings. The van der Waals surface area contributed by atoms with Crippen molar-refractivity contribution in [1.29, 1.82) is 0 Å². The minimum Gasteiger partial charge on any atom is -0.497 e. The normalized spacial score (nSPS) is 11.8. The van der Waals surface area contributed by atoms with Crippen molar-refractivity contribution in [3.8, 4) is 16.9 Å². The fraction of sp³-hybridized carbons (Fsp3) is 0.185. The van der Waals surface area contributed by atoms with Crippen LogP contribution in [0.5, 0.6) is 5.75 Å². The number of fused-ring (bicyclic) bond motifs is 1. The molecule has 0 saturated heterocycles. The molecule has 0 saturated carbocycles. The van der Waals surface area contributed by atoms with Crippen LogP contribution >= 0.6 is 0 Å². The fourth-order valence-electron chi connectivity index (χ4n) is 3.77. The highest BCUT2D eigenvalue weighted by molar-refractivity contribution is 5.98. The number of hydrogen-bond donors (Lipinski definition) is 2. The molecule has 4 rings (SSSR count). The average Bonchev–Trinajstić information content (AvgIpc) is 3.28. The van der Waals surface area contributed by atoms with E-state index in [4.69, 9.17) is 13.9 Å². The molecule has 3 aromatic carbocycles. The first-order chi connectivity index (χ1) is 16.5. The molecule has 7 heteroatoms. The molecule has 0 aliphatic carbocycles. The summed E-state index contributed by atoms with van der Waals surface area (Å²) < 4.78 is 16.0. The Morgan fingerprint density at radius 1 is 0.941 bits per heavy atom. The molecule has 0 spiro atoms. The summed E-state index contributed by atoms with van der Waals surface area (Å²) in [6, 6.07) is 21.3. The quantitative estimate of drug-likeness (QED) is 0.377. The molecule has 4 aromatic rings. The van der Waals surface area contributed by atoms with Gasteiger partial charge in [-0.15, -0.1) is 0 Å². The predicted molar refractivity (Wildman–Crippen MR) is 128 cm³/mol. The third-order valence-corrected chi connectivity index (χ3v) is 5.52. The Kier molecular flexibility index (Phi) is 6.94. The van der Waals surface area contributed by atoms with Gasteiger partial charge in [-0.25, -0.2) is 4.79 Å². The van der Waals surface area contributed by atoms with Crippen LogP contribution < -0.4 is 10.1 Å². The van der Waals surface area contributed by atoms with Crippen molar-refractivity contribution >= 4 is 22.8 Å². The molecule has 0 radical (unpaired) electrons. The molecule has 1 atom stereocenters. The zero-order chi connectivity index (χ0) is 24.1. The third-order valence-electron chi connectivity index (χ3n) is 5.52. The van der Waals surface area contributed by atoms with E-state index in [-0.39, 0.29) is 12.2 Å². The van der Waals surface area contributed by atoms with Gasteiger partial charge in [0.15, 0.2) is 5.76 Å². The van der Waals surface area contributed by atoms with Crippen molar-refractivity contribution in [3.05, 3.63) is 89.7 Å². The molecule has 174 valence electrons. The summed E-state index contributed by atoms with van der Waals surface area (Å²) in [5.41, 5.74) is 4.43. The number of hydrogen-bond acceptors (Lipinski definition) is 5. The summed E-state index contributed by atoms with van der Waals surface area (Å²) >= 11 is 0. The molecule has 1 aromatic heterocycles. The summed E-state index contributed by atoms with van der Waals surface area (Å²) in [5.74, 6) is -1.03. The molecule has 34 heavy (non-hydrogen) atoms. The lowest BCUT2D eigenvalue weighted by atomic mass is 9.99. The van der Waals surface area contributed by atoms with Gasteiger partial charge in [0.25, 0.3) is 5.91 Å². The van der Waals surface area contributed by atoms with E-state index in [1.165, 1.54) is 0 Å². The van der Waals surface area contributed by atoms with Crippen LogP contribution in [0.1, 0.15) is 21.7 Å². The van der Waals surface area contributed by atoms with Crippen molar-refractivity contribution in [2.75, 3.05) is 14.2 Å². The van der Waals surface area contributed by atoms with E-state index >= 15 is 0 Å². The maximum Gasteiger partial charge on any atom is 0.326 e. The van der Waals surface area contributed by atoms with E-state index in [0.717, 1.165) is 22.3 Å². The Labute approximate surface area is 196 Å². The van der Waals surface area contributed by atoms with E-state index < -0.39 is 17.9 Å². The van der Waals surface area contributed by atoms with Gasteiger partial charge in [-0.1, -0.05) is 42.5 Å². The Hall–Kier alpha value is -4.10. The smallest absolute Gasteiger partial charge is 0.326 e. The second kappa shape index (κ2) is 10.2. The maximum atomic E-state index is 12.7. The number of carbonyl (C=O) groups excluding carboxylic acids is 1. The molecule has 0 unspecified atom stereocenters. The highest BCUT2D eigenvalue weighted by atomic mass is 16.5. The number of ether oxygens (including phenoxy) is 2. The zero-order valence-electron chi connectivity index (χ0n) is 18.9. The van der Waals surface area contributed by atoms with Crippen LogP contribution in [0.2, 0.25) is 0 Å². The van der Waals surface area contributed by atoms with E-state index in [0.29, 0.717) is 23.3 Å². The van der Waals surface area contributed by atoms with Gasteiger partial charge in [-0.05, 0) is 52.6 Å². The molecule has 0 fully saturated rings. The second-order valence-corrected chi connectivity index (χ2v) is 7.91. The zero-order valence-corrected chi connectivity index (χ0v) is 18.9. The molecule has 2 N–H and O–H groups in total. The minimum atomic E-state index is -1.12. The lowest BCUT2D eigenvalue weighted by Crippen LogP contribution is -2.42. The fourth-order valence-corrected chi connectivity index (χ4v) is 3.77. The van der Waals surface area contributed by atoms with Crippen LogP contribution in [-0.4, -0.2) is 37.2 Å². The molecule has 1 amide bonds. The van der Waals surface area contributed by atoms with Crippen molar-refractivity contribution < 1.29 is 28.6 Å². The van der Waals surface area contributed by atoms with Crippen LogP contribution in [0.15, 0.2) is 77.2 Å². The van der Waals surface area contributed by atoms with Crippen LogP contribution in [0, 0.1) is 0 Å². The number of carboxylic acid groups (broad SMARTS) is 1. The number of furan rings is 1. The first-order valence-electron chi connectivity index (χ1n) is 10.8. The van der Waals surface area contributed by atoms with E-state index in [9.17, 15) is 14.7 Å². The number of benzene rings is 3. The summed E-state index contributed by atoms with van der Waals surface area (Å²) in [6.07, 6.45) is 0.138. The van der Waals surface area contributed by atoms with Gasteiger partial charge in [-0.3, -0.25) is 4.79 Å². The lowest BCUT2D eigenvalue weighted by Gasteiger charge is -2.14. The number of carboxylic acids is 1. The third kappa shape index (κ3) is 5.27. The molecule has 7 nitrogen and oxygen atoms in total. The maximum absolute atomic E-state index is 12.7. The van der Waals surface area contributed by atoms with E-state index in [1.54, 1.807) is 38.5 Å². The second-order valence-electron chi connectivity index (χ2n) is 7.91. The van der Waals surface area contributed by atoms with Gasteiger partial charge in [-0.2, -0.15) is 0 Å². The lowest BCUT2D eigenvalue weighted by molar-refractivity contribution is -0.139. The first kappa shape index (κ1) is 23.1. The highest BCUT2D eigenvalue weighted by Crippen LogP contribution is 2.25. The van der Waals surface area contributed by atoms with Gasteiger partial charge in [0.2, 0.25) is 0 Å². The van der Waals surface area contributed by atoms with Crippen molar-refractivity contribution in [2.24, 2.45) is 0 Å². The SMILES string of the molecule is COCc1cccc(-c2ccc(C[C@H](NC(=O)c3cc4cc(OC)ccc4o3)C(=O)O)cc2)c1. The monoisotopic (exact) mass is 459 g/mol. The number of nitrogens with one attached hydrogen (secondary N) is 1. The summed E-state index contributed by atoms with van der Waals surface area (Å²) in [6.45, 7) is 0.532. The number of aliphatic carboxylic acids is 1. The Morgan fingerprint density at radius 3 is 2.44 bits per heavy atom. The van der Waals surface area contributed by atoms with Gasteiger partial charge in [0, 0.05) is 18.9 Å². The minimum absolute atomic E-state index is 0.0424. The van der Waals surface area contributed by atoms with Crippen LogP contribution in [-0.2, 0) is 22.6 Å². The largest absolute Gasteiger partial charge is 0.497 e. The standard InChI is InChI=1S/C27H25NO6/c1-32-16-18-4-3-5-20(12-18)19-8-6-17(7-9-19)13-23(27(30)31)28-26(29)25-15-21-14-22(33-2)10-11-24(21)34-25/h3-12,14-15,23H,13,16H2,1-2H3,(H,28,29)(H,30,31)/t23-/m0/s1. The average molecular weight is 459 g/mol. The first-order valence-corrected chi connectivity index (χ1v) is 10.8. The number of carbonyl (C=O) groups is 2. The van der Waals surface area contributed by atoms with Crippen LogP contribution in [0.25, 0.3) is 22.1 Å². The van der Waals surface area contributed by atoms with Crippen molar-refractivity contribution in [3.63, 3.8) is 0 Å². The summed E-state index contributed by atoms with van der Waals surface area (Å²) in [5, 5.41) is 12.9. The highest BCUT2D eigenvalue weighted by Gasteiger charge is 2.23. The van der Waals surface area contributed by atoms with Gasteiger partial charge >= 0.3 is 5.97 Å². The summed E-state index contributed by atoms with van der Waals surface area (Å²) in [4.78, 5) is 24.5. The molecular weight excluding hydrogens is 434 g/mol. The van der Waals surface area contributed by atoms with Crippen molar-refractivity contribution in [2.45, 2.75) is 19.1 Å². The van der Waals surface area contributed by atoms with Crippen LogP contribution in [0.3, 0.4) is 0 Å². The van der Waals surface area contributed by atoms with E-state index in [2.05, 4.69) is 11.4 Å². The Balaban J connectivity index is 1.46. The molecule has 0 aliphatic heterocycles. The van der Waals surface area contributed by atoms with Crippen molar-refractivity contribution in [1.82, 2.24) is 5.32 Å². The van der Waals surface area contributed by atoms with Gasteiger partial charge < -0.3 is 24.3 Å². The Morgan fingerprint density at radius 2 is 1.74 bits per heavy atom. The van der Waals surface area contributed by atoms with Gasteiger partial charge in [0.1, 0.15) is 17.4 Å². The predicted octanol–water partition coefficient (Wildman–Crippen LogP) is 4.68. The Bertz CT molecular complexity index is 1310. The number of amides is 1. The topological polar surface area (TPSA) is 98.0 Å². The van der Waals surface area contributed by atoms with Crippen LogP contribution in [0.4, 0.5) is 0 Å². The molecule has 0 bridgehead atoms.